The molecule has 1 nitrogen and oxygen atoms in total. The number of thiophene rings is 1. The molecule has 1 N–H and O–H groups in total. The van der Waals surface area contributed by atoms with Crippen LogP contribution in [0.15, 0.2) is 40.2 Å². The van der Waals surface area contributed by atoms with Crippen LogP contribution in [-0.2, 0) is 12.8 Å². The lowest BCUT2D eigenvalue weighted by atomic mass is 9.96. The zero-order chi connectivity index (χ0) is 13.0. The Morgan fingerprint density at radius 1 is 1.28 bits per heavy atom. The van der Waals surface area contributed by atoms with Crippen LogP contribution in [0.2, 0.25) is 5.02 Å². The highest BCUT2D eigenvalue weighted by atomic mass is 79.9. The van der Waals surface area contributed by atoms with Gasteiger partial charge in [0, 0.05) is 21.0 Å². The molecule has 1 unspecified atom stereocenters. The first-order chi connectivity index (χ1) is 8.69. The molecule has 0 amide bonds. The van der Waals surface area contributed by atoms with E-state index in [9.17, 15) is 5.11 Å². The van der Waals surface area contributed by atoms with Gasteiger partial charge in [-0.15, -0.1) is 11.3 Å². The Morgan fingerprint density at radius 3 is 2.72 bits per heavy atom. The summed E-state index contributed by atoms with van der Waals surface area (Å²) in [4.78, 5) is 1.29. The molecular weight excluding hydrogens is 332 g/mol. The molecule has 0 radical (unpaired) electrons. The Labute approximate surface area is 125 Å². The van der Waals surface area contributed by atoms with Crippen LogP contribution in [0.1, 0.15) is 10.4 Å². The molecule has 1 heterocycles. The first-order valence-corrected chi connectivity index (χ1v) is 7.81. The molecular formula is C14H14BrClOS. The number of hydrogen-bond donors (Lipinski definition) is 1. The van der Waals surface area contributed by atoms with Crippen LogP contribution in [-0.4, -0.2) is 11.7 Å². The Kier molecular flexibility index (Phi) is 5.25. The maximum absolute atomic E-state index is 9.50. The molecule has 0 saturated carbocycles. The van der Waals surface area contributed by atoms with Gasteiger partial charge in [-0.05, 0) is 63.8 Å². The predicted molar refractivity (Wildman–Crippen MR) is 81.5 cm³/mol. The molecule has 1 atom stereocenters. The Bertz CT molecular complexity index is 512. The third kappa shape index (κ3) is 3.82. The Morgan fingerprint density at radius 2 is 2.11 bits per heavy atom. The zero-order valence-electron chi connectivity index (χ0n) is 9.77. The molecule has 1 aromatic heterocycles. The van der Waals surface area contributed by atoms with Gasteiger partial charge in [-0.2, -0.15) is 0 Å². The van der Waals surface area contributed by atoms with Gasteiger partial charge in [-0.3, -0.25) is 0 Å². The lowest BCUT2D eigenvalue weighted by Crippen LogP contribution is -2.12. The normalized spacial score (nSPS) is 12.6. The summed E-state index contributed by atoms with van der Waals surface area (Å²) < 4.78 is 1.14. The fourth-order valence-electron chi connectivity index (χ4n) is 1.93. The zero-order valence-corrected chi connectivity index (χ0v) is 12.9. The average molecular weight is 346 g/mol. The highest BCUT2D eigenvalue weighted by molar-refractivity contribution is 9.10. The van der Waals surface area contributed by atoms with Gasteiger partial charge in [0.25, 0.3) is 0 Å². The third-order valence-electron chi connectivity index (χ3n) is 2.84. The summed E-state index contributed by atoms with van der Waals surface area (Å²) in [7, 11) is 0. The Balaban J connectivity index is 2.04. The summed E-state index contributed by atoms with van der Waals surface area (Å²) in [6.07, 6.45) is 1.74. The van der Waals surface area contributed by atoms with Gasteiger partial charge < -0.3 is 5.11 Å². The van der Waals surface area contributed by atoms with Crippen molar-refractivity contribution in [2.24, 2.45) is 5.92 Å². The second kappa shape index (κ2) is 6.71. The number of hydrogen-bond acceptors (Lipinski definition) is 2. The molecule has 0 saturated heterocycles. The summed E-state index contributed by atoms with van der Waals surface area (Å²) in [6, 6.07) is 9.89. The minimum Gasteiger partial charge on any atom is -0.396 e. The predicted octanol–water partition coefficient (Wildman–Crippen LogP) is 4.56. The van der Waals surface area contributed by atoms with E-state index in [0.29, 0.717) is 0 Å². The molecule has 0 fully saturated rings. The fraction of sp³-hybridized carbons (Fsp3) is 0.286. The molecule has 4 heteroatoms. The number of aliphatic hydroxyl groups excluding tert-OH is 1. The second-order valence-corrected chi connectivity index (χ2v) is 6.57. The van der Waals surface area contributed by atoms with E-state index >= 15 is 0 Å². The van der Waals surface area contributed by atoms with Gasteiger partial charge >= 0.3 is 0 Å². The molecule has 0 bridgehead atoms. The van der Waals surface area contributed by atoms with Crippen LogP contribution in [0.25, 0.3) is 0 Å². The molecule has 0 spiro atoms. The standard InChI is InChI=1S/C14H14BrClOS/c15-13-4-5-18-14(13)8-11(9-17)6-10-2-1-3-12(16)7-10/h1-5,7,11,17H,6,8-9H2. The lowest BCUT2D eigenvalue weighted by molar-refractivity contribution is 0.225. The van der Waals surface area contributed by atoms with Crippen molar-refractivity contribution >= 4 is 38.9 Å². The summed E-state index contributed by atoms with van der Waals surface area (Å²) in [5.41, 5.74) is 1.18. The van der Waals surface area contributed by atoms with Crippen LogP contribution >= 0.6 is 38.9 Å². The smallest absolute Gasteiger partial charge is 0.0465 e. The molecule has 0 aliphatic rings. The SMILES string of the molecule is OCC(Cc1cccc(Cl)c1)Cc1sccc1Br. The molecule has 96 valence electrons. The van der Waals surface area contributed by atoms with Crippen molar-refractivity contribution in [3.05, 3.63) is 55.6 Å². The van der Waals surface area contributed by atoms with Crippen molar-refractivity contribution in [1.82, 2.24) is 0 Å². The summed E-state index contributed by atoms with van der Waals surface area (Å²) >= 11 is 11.2. The molecule has 0 aliphatic carbocycles. The van der Waals surface area contributed by atoms with Crippen molar-refractivity contribution < 1.29 is 5.11 Å². The summed E-state index contributed by atoms with van der Waals surface area (Å²) in [5, 5.41) is 12.3. The topological polar surface area (TPSA) is 20.2 Å². The van der Waals surface area contributed by atoms with E-state index in [0.717, 1.165) is 22.3 Å². The van der Waals surface area contributed by atoms with E-state index in [1.807, 2.05) is 24.3 Å². The van der Waals surface area contributed by atoms with E-state index in [1.165, 1.54) is 10.4 Å². The monoisotopic (exact) mass is 344 g/mol. The van der Waals surface area contributed by atoms with E-state index < -0.39 is 0 Å². The average Bonchev–Trinajstić information content (AvgIpc) is 2.74. The molecule has 0 aliphatic heterocycles. The van der Waals surface area contributed by atoms with Crippen molar-refractivity contribution in [2.75, 3.05) is 6.61 Å². The van der Waals surface area contributed by atoms with E-state index in [2.05, 4.69) is 27.4 Å². The van der Waals surface area contributed by atoms with E-state index in [-0.39, 0.29) is 12.5 Å². The third-order valence-corrected chi connectivity index (χ3v) is 5.02. The van der Waals surface area contributed by atoms with Gasteiger partial charge in [0.05, 0.1) is 0 Å². The fourth-order valence-corrected chi connectivity index (χ4v) is 3.77. The van der Waals surface area contributed by atoms with Crippen molar-refractivity contribution in [2.45, 2.75) is 12.8 Å². The van der Waals surface area contributed by atoms with E-state index in [1.54, 1.807) is 11.3 Å². The van der Waals surface area contributed by atoms with Crippen LogP contribution in [0, 0.1) is 5.92 Å². The van der Waals surface area contributed by atoms with Crippen LogP contribution in [0.3, 0.4) is 0 Å². The van der Waals surface area contributed by atoms with Crippen LogP contribution in [0.5, 0.6) is 0 Å². The lowest BCUT2D eigenvalue weighted by Gasteiger charge is -2.13. The van der Waals surface area contributed by atoms with Gasteiger partial charge in [-0.25, -0.2) is 0 Å². The van der Waals surface area contributed by atoms with Crippen molar-refractivity contribution in [3.8, 4) is 0 Å². The first kappa shape index (κ1) is 14.1. The minimum atomic E-state index is 0.191. The minimum absolute atomic E-state index is 0.191. The molecule has 1 aromatic carbocycles. The molecule has 2 rings (SSSR count). The van der Waals surface area contributed by atoms with Gasteiger partial charge in [0.2, 0.25) is 0 Å². The van der Waals surface area contributed by atoms with Gasteiger partial charge in [-0.1, -0.05) is 23.7 Å². The van der Waals surface area contributed by atoms with Crippen molar-refractivity contribution in [3.63, 3.8) is 0 Å². The summed E-state index contributed by atoms with van der Waals surface area (Å²) in [5.74, 6) is 0.235. The van der Waals surface area contributed by atoms with Gasteiger partial charge in [0.1, 0.15) is 0 Å². The highest BCUT2D eigenvalue weighted by Crippen LogP contribution is 2.27. The number of benzene rings is 1. The first-order valence-electron chi connectivity index (χ1n) is 5.76. The number of rotatable bonds is 5. The maximum Gasteiger partial charge on any atom is 0.0465 e. The number of aliphatic hydroxyl groups is 1. The molecule has 2 aromatic rings. The second-order valence-electron chi connectivity index (χ2n) is 4.28. The number of halogens is 2. The van der Waals surface area contributed by atoms with Crippen LogP contribution in [0.4, 0.5) is 0 Å². The van der Waals surface area contributed by atoms with Gasteiger partial charge in [0.15, 0.2) is 0 Å². The highest BCUT2D eigenvalue weighted by Gasteiger charge is 2.12. The van der Waals surface area contributed by atoms with E-state index in [4.69, 9.17) is 11.6 Å². The maximum atomic E-state index is 9.50. The quantitative estimate of drug-likeness (QED) is 0.842. The summed E-state index contributed by atoms with van der Waals surface area (Å²) in [6.45, 7) is 0.191. The van der Waals surface area contributed by atoms with Crippen molar-refractivity contribution in [1.29, 1.82) is 0 Å². The molecule has 18 heavy (non-hydrogen) atoms. The Hall–Kier alpha value is -0.350. The largest absolute Gasteiger partial charge is 0.396 e. The van der Waals surface area contributed by atoms with Crippen LogP contribution < -0.4 is 0 Å².